The molecule has 2 atom stereocenters. The van der Waals surface area contributed by atoms with Crippen molar-refractivity contribution in [3.8, 4) is 0 Å². The number of nitrogens with one attached hydrogen (secondary N) is 1. The predicted molar refractivity (Wildman–Crippen MR) is 76.1 cm³/mol. The summed E-state index contributed by atoms with van der Waals surface area (Å²) in [5, 5.41) is 13.3. The number of fused-ring (bicyclic) bond motifs is 1. The second-order valence-electron chi connectivity index (χ2n) is 5.69. The first-order valence-electron chi connectivity index (χ1n) is 6.86. The average molecular weight is 263 g/mol. The zero-order valence-electron chi connectivity index (χ0n) is 10.7. The number of hydrogen-bond donors (Lipinski definition) is 2. The van der Waals surface area contributed by atoms with Crippen LogP contribution in [0.25, 0.3) is 0 Å². The number of hydrogen-bond acceptors (Lipinski definition) is 3. The maximum atomic E-state index is 9.80. The van der Waals surface area contributed by atoms with Crippen molar-refractivity contribution in [3.63, 3.8) is 0 Å². The van der Waals surface area contributed by atoms with E-state index in [0.29, 0.717) is 12.5 Å². The highest BCUT2D eigenvalue weighted by Crippen LogP contribution is 2.46. The second-order valence-corrected chi connectivity index (χ2v) is 6.75. The van der Waals surface area contributed by atoms with Crippen LogP contribution in [0.4, 0.5) is 0 Å². The number of piperidine rings is 1. The van der Waals surface area contributed by atoms with Gasteiger partial charge in [-0.2, -0.15) is 0 Å². The monoisotopic (exact) mass is 263 g/mol. The van der Waals surface area contributed by atoms with E-state index in [-0.39, 0.29) is 5.41 Å². The Bertz CT molecular complexity index is 415. The molecule has 0 bridgehead atoms. The van der Waals surface area contributed by atoms with Crippen molar-refractivity contribution >= 4 is 11.8 Å². The molecule has 1 saturated heterocycles. The smallest absolute Gasteiger partial charge is 0.0499 e. The maximum absolute atomic E-state index is 9.80. The van der Waals surface area contributed by atoms with Crippen molar-refractivity contribution < 1.29 is 5.11 Å². The minimum atomic E-state index is 0.112. The van der Waals surface area contributed by atoms with Gasteiger partial charge in [-0.1, -0.05) is 18.2 Å². The van der Waals surface area contributed by atoms with Crippen LogP contribution in [-0.2, 0) is 0 Å². The lowest BCUT2D eigenvalue weighted by Gasteiger charge is -2.38. The summed E-state index contributed by atoms with van der Waals surface area (Å²) >= 11 is 1.97. The molecule has 0 aliphatic carbocycles. The fourth-order valence-corrected chi connectivity index (χ4v) is 4.58. The first-order chi connectivity index (χ1) is 8.83. The lowest BCUT2D eigenvalue weighted by atomic mass is 9.73. The first kappa shape index (κ1) is 12.5. The van der Waals surface area contributed by atoms with Crippen molar-refractivity contribution in [3.05, 3.63) is 29.8 Å². The Hall–Kier alpha value is -0.510. The fourth-order valence-electron chi connectivity index (χ4n) is 3.33. The molecule has 1 fully saturated rings. The molecule has 2 heterocycles. The summed E-state index contributed by atoms with van der Waals surface area (Å²) in [6.07, 6.45) is 3.49. The number of thioether (sulfide) groups is 1. The van der Waals surface area contributed by atoms with E-state index in [4.69, 9.17) is 0 Å². The fraction of sp³-hybridized carbons (Fsp3) is 0.600. The normalized spacial score (nSPS) is 31.3. The molecule has 2 unspecified atom stereocenters. The summed E-state index contributed by atoms with van der Waals surface area (Å²) in [5.41, 5.74) is 1.61. The van der Waals surface area contributed by atoms with Crippen molar-refractivity contribution in [1.29, 1.82) is 0 Å². The van der Waals surface area contributed by atoms with Crippen LogP contribution in [0.15, 0.2) is 29.2 Å². The second kappa shape index (κ2) is 5.24. The molecule has 0 amide bonds. The van der Waals surface area contributed by atoms with Gasteiger partial charge in [0, 0.05) is 29.2 Å². The molecule has 0 spiro atoms. The Kier molecular flexibility index (Phi) is 3.64. The maximum Gasteiger partial charge on any atom is 0.0499 e. The highest BCUT2D eigenvalue weighted by Gasteiger charge is 2.36. The van der Waals surface area contributed by atoms with Crippen LogP contribution < -0.4 is 5.32 Å². The Balaban J connectivity index is 1.77. The zero-order chi connectivity index (χ0) is 12.4. The van der Waals surface area contributed by atoms with Gasteiger partial charge in [-0.15, -0.1) is 11.8 Å². The lowest BCUT2D eigenvalue weighted by Crippen LogP contribution is -2.43. The molecule has 18 heavy (non-hydrogen) atoms. The number of benzene rings is 1. The van der Waals surface area contributed by atoms with Gasteiger partial charge in [0.05, 0.1) is 0 Å². The van der Waals surface area contributed by atoms with E-state index in [0.717, 1.165) is 19.5 Å². The van der Waals surface area contributed by atoms with Gasteiger partial charge in [0.25, 0.3) is 0 Å². The van der Waals surface area contributed by atoms with Gasteiger partial charge in [0.15, 0.2) is 0 Å². The molecule has 0 radical (unpaired) electrons. The number of aliphatic hydroxyl groups excluding tert-OH is 1. The van der Waals surface area contributed by atoms with E-state index >= 15 is 0 Å². The van der Waals surface area contributed by atoms with Crippen molar-refractivity contribution in [2.75, 3.05) is 25.4 Å². The third-order valence-electron chi connectivity index (χ3n) is 4.37. The first-order valence-corrected chi connectivity index (χ1v) is 7.85. The lowest BCUT2D eigenvalue weighted by molar-refractivity contribution is 0.0804. The number of rotatable bonds is 3. The minimum absolute atomic E-state index is 0.112. The summed E-state index contributed by atoms with van der Waals surface area (Å²) in [4.78, 5) is 1.44. The Labute approximate surface area is 113 Å². The molecular formula is C15H21NOS. The molecule has 1 aromatic carbocycles. The standard InChI is InChI=1S/C15H21NOS/c17-11-15(6-3-7-16-10-15)8-12-9-18-14-5-2-1-4-13(12)14/h1-2,4-5,12,16-17H,3,6-11H2. The SMILES string of the molecule is OCC1(CC2CSc3ccccc32)CCCNC1. The average Bonchev–Trinajstić information content (AvgIpc) is 2.83. The van der Waals surface area contributed by atoms with Crippen molar-refractivity contribution in [2.45, 2.75) is 30.1 Å². The molecule has 0 saturated carbocycles. The molecule has 2 N–H and O–H groups in total. The van der Waals surface area contributed by atoms with Gasteiger partial charge in [0.2, 0.25) is 0 Å². The van der Waals surface area contributed by atoms with Crippen LogP contribution in [0.5, 0.6) is 0 Å². The van der Waals surface area contributed by atoms with Gasteiger partial charge >= 0.3 is 0 Å². The highest BCUT2D eigenvalue weighted by atomic mass is 32.2. The largest absolute Gasteiger partial charge is 0.396 e. The van der Waals surface area contributed by atoms with Crippen LogP contribution in [0.3, 0.4) is 0 Å². The van der Waals surface area contributed by atoms with Crippen molar-refractivity contribution in [2.24, 2.45) is 5.41 Å². The quantitative estimate of drug-likeness (QED) is 0.879. The predicted octanol–water partition coefficient (Wildman–Crippen LogP) is 2.63. The van der Waals surface area contributed by atoms with Gasteiger partial charge in [-0.05, 0) is 43.4 Å². The van der Waals surface area contributed by atoms with E-state index in [9.17, 15) is 5.11 Å². The van der Waals surface area contributed by atoms with Crippen LogP contribution in [0.2, 0.25) is 0 Å². The number of aliphatic hydroxyl groups is 1. The van der Waals surface area contributed by atoms with E-state index in [2.05, 4.69) is 29.6 Å². The molecule has 3 rings (SSSR count). The van der Waals surface area contributed by atoms with E-state index in [1.807, 2.05) is 11.8 Å². The van der Waals surface area contributed by atoms with Crippen LogP contribution >= 0.6 is 11.8 Å². The molecule has 98 valence electrons. The highest BCUT2D eigenvalue weighted by molar-refractivity contribution is 7.99. The summed E-state index contributed by atoms with van der Waals surface area (Å²) in [5.74, 6) is 1.81. The van der Waals surface area contributed by atoms with Gasteiger partial charge in [0.1, 0.15) is 0 Å². The van der Waals surface area contributed by atoms with Crippen LogP contribution in [-0.4, -0.2) is 30.6 Å². The molecule has 2 aliphatic rings. The summed E-state index contributed by atoms with van der Waals surface area (Å²) in [6.45, 7) is 2.41. The van der Waals surface area contributed by atoms with Gasteiger partial charge < -0.3 is 10.4 Å². The Morgan fingerprint density at radius 3 is 3.06 bits per heavy atom. The van der Waals surface area contributed by atoms with Gasteiger partial charge in [-0.25, -0.2) is 0 Å². The van der Waals surface area contributed by atoms with E-state index < -0.39 is 0 Å². The van der Waals surface area contributed by atoms with Crippen LogP contribution in [0, 0.1) is 5.41 Å². The van der Waals surface area contributed by atoms with Crippen molar-refractivity contribution in [1.82, 2.24) is 5.32 Å². The molecular weight excluding hydrogens is 242 g/mol. The Morgan fingerprint density at radius 2 is 2.28 bits per heavy atom. The topological polar surface area (TPSA) is 32.3 Å². The molecule has 1 aromatic rings. The third kappa shape index (κ3) is 2.31. The molecule has 3 heteroatoms. The van der Waals surface area contributed by atoms with E-state index in [1.165, 1.54) is 29.1 Å². The Morgan fingerprint density at radius 1 is 1.39 bits per heavy atom. The summed E-state index contributed by atoms with van der Waals surface area (Å²) in [7, 11) is 0. The third-order valence-corrected chi connectivity index (χ3v) is 5.63. The van der Waals surface area contributed by atoms with E-state index in [1.54, 1.807) is 0 Å². The summed E-state index contributed by atoms with van der Waals surface area (Å²) < 4.78 is 0. The summed E-state index contributed by atoms with van der Waals surface area (Å²) in [6, 6.07) is 8.76. The molecule has 2 aliphatic heterocycles. The molecule has 2 nitrogen and oxygen atoms in total. The van der Waals surface area contributed by atoms with Gasteiger partial charge in [-0.3, -0.25) is 0 Å². The minimum Gasteiger partial charge on any atom is -0.396 e. The van der Waals surface area contributed by atoms with Crippen LogP contribution in [0.1, 0.15) is 30.7 Å². The molecule has 0 aromatic heterocycles. The zero-order valence-corrected chi connectivity index (χ0v) is 11.5.